The van der Waals surface area contributed by atoms with Gasteiger partial charge in [-0.1, -0.05) is 34.8 Å². The van der Waals surface area contributed by atoms with E-state index in [-0.39, 0.29) is 12.8 Å². The van der Waals surface area contributed by atoms with Gasteiger partial charge in [-0.05, 0) is 12.8 Å². The molecule has 0 saturated heterocycles. The van der Waals surface area contributed by atoms with Gasteiger partial charge in [0.2, 0.25) is 10.9 Å². The van der Waals surface area contributed by atoms with Gasteiger partial charge in [-0.2, -0.15) is 0 Å². The second-order valence-corrected chi connectivity index (χ2v) is 5.02. The third kappa shape index (κ3) is 1.42. The van der Waals surface area contributed by atoms with Crippen molar-refractivity contribution in [1.29, 1.82) is 0 Å². The first-order valence-electron chi connectivity index (χ1n) is 3.41. The third-order valence-electron chi connectivity index (χ3n) is 2.00. The molecule has 0 radical (unpaired) electrons. The van der Waals surface area contributed by atoms with E-state index < -0.39 is 15.2 Å². The SMILES string of the molecule is OC1(O)C(F)(Cl)CCCC1(Cl)Cl. The van der Waals surface area contributed by atoms with Crippen LogP contribution in [0.1, 0.15) is 19.3 Å². The fourth-order valence-corrected chi connectivity index (χ4v) is 2.11. The van der Waals surface area contributed by atoms with Gasteiger partial charge in [0.1, 0.15) is 0 Å². The van der Waals surface area contributed by atoms with Crippen molar-refractivity contribution < 1.29 is 14.6 Å². The van der Waals surface area contributed by atoms with Gasteiger partial charge in [0.25, 0.3) is 0 Å². The van der Waals surface area contributed by atoms with Crippen molar-refractivity contribution in [2.75, 3.05) is 0 Å². The Morgan fingerprint density at radius 2 is 1.58 bits per heavy atom. The van der Waals surface area contributed by atoms with E-state index in [0.29, 0.717) is 6.42 Å². The molecule has 0 amide bonds. The summed E-state index contributed by atoms with van der Waals surface area (Å²) >= 11 is 16.2. The molecule has 2 N–H and O–H groups in total. The van der Waals surface area contributed by atoms with Crippen molar-refractivity contribution in [3.05, 3.63) is 0 Å². The maximum absolute atomic E-state index is 13.2. The number of rotatable bonds is 0. The van der Waals surface area contributed by atoms with Crippen LogP contribution in [0, 0.1) is 0 Å². The minimum atomic E-state index is -2.90. The first-order valence-corrected chi connectivity index (χ1v) is 4.54. The average Bonchev–Trinajstić information content (AvgIpc) is 1.83. The Kier molecular flexibility index (Phi) is 2.57. The van der Waals surface area contributed by atoms with Crippen LogP contribution in [0.2, 0.25) is 0 Å². The Balaban J connectivity index is 2.99. The fourth-order valence-electron chi connectivity index (χ4n) is 1.15. The predicted molar refractivity (Wildman–Crippen MR) is 45.1 cm³/mol. The van der Waals surface area contributed by atoms with Gasteiger partial charge in [-0.15, -0.1) is 0 Å². The van der Waals surface area contributed by atoms with Crippen molar-refractivity contribution in [3.63, 3.8) is 0 Å². The molecule has 1 rings (SSSR count). The number of hydrogen-bond acceptors (Lipinski definition) is 2. The summed E-state index contributed by atoms with van der Waals surface area (Å²) < 4.78 is 11.3. The molecule has 1 aliphatic rings. The minimum absolute atomic E-state index is 0.0987. The van der Waals surface area contributed by atoms with Crippen LogP contribution in [0.3, 0.4) is 0 Å². The van der Waals surface area contributed by atoms with Gasteiger partial charge in [0.15, 0.2) is 4.33 Å². The molecular weight excluding hydrogens is 229 g/mol. The summed E-state index contributed by atoms with van der Waals surface area (Å²) in [7, 11) is 0. The van der Waals surface area contributed by atoms with Crippen LogP contribution in [0.4, 0.5) is 4.39 Å². The summed E-state index contributed by atoms with van der Waals surface area (Å²) in [6.45, 7) is 0. The highest BCUT2D eigenvalue weighted by atomic mass is 35.5. The average molecular weight is 237 g/mol. The molecule has 0 spiro atoms. The lowest BCUT2D eigenvalue weighted by molar-refractivity contribution is -0.242. The van der Waals surface area contributed by atoms with Crippen LogP contribution < -0.4 is 0 Å². The fraction of sp³-hybridized carbons (Fsp3) is 1.00. The molecule has 0 aliphatic heterocycles. The molecule has 0 aromatic carbocycles. The second-order valence-electron chi connectivity index (χ2n) is 2.93. The summed E-state index contributed by atoms with van der Waals surface area (Å²) in [6, 6.07) is 0. The van der Waals surface area contributed by atoms with Gasteiger partial charge in [0.05, 0.1) is 0 Å². The zero-order valence-corrected chi connectivity index (χ0v) is 8.30. The molecule has 1 unspecified atom stereocenters. The summed E-state index contributed by atoms with van der Waals surface area (Å²) in [5.74, 6) is -2.90. The van der Waals surface area contributed by atoms with Crippen LogP contribution >= 0.6 is 34.8 Å². The topological polar surface area (TPSA) is 40.5 Å². The Labute approximate surface area is 84.2 Å². The number of halogens is 4. The maximum Gasteiger partial charge on any atom is 0.246 e. The van der Waals surface area contributed by atoms with Gasteiger partial charge >= 0.3 is 0 Å². The molecule has 1 saturated carbocycles. The molecule has 6 heteroatoms. The Morgan fingerprint density at radius 3 is 1.92 bits per heavy atom. The van der Waals surface area contributed by atoms with Crippen LogP contribution in [-0.2, 0) is 0 Å². The first kappa shape index (κ1) is 10.8. The Morgan fingerprint density at radius 1 is 1.08 bits per heavy atom. The van der Waals surface area contributed by atoms with Crippen molar-refractivity contribution in [2.45, 2.75) is 34.5 Å². The van der Waals surface area contributed by atoms with Crippen LogP contribution in [0.5, 0.6) is 0 Å². The zero-order chi connectivity index (χ0) is 9.62. The van der Waals surface area contributed by atoms with Crippen molar-refractivity contribution >= 4 is 34.8 Å². The molecule has 0 heterocycles. The monoisotopic (exact) mass is 236 g/mol. The molecular formula is C6H8Cl3FO2. The summed E-state index contributed by atoms with van der Waals surface area (Å²) in [5, 5.41) is 15.8. The molecule has 1 fully saturated rings. The number of aliphatic hydroxyl groups is 2. The quantitative estimate of drug-likeness (QED) is 0.499. The summed E-state index contributed by atoms with van der Waals surface area (Å²) in [6.07, 6.45) is 0.236. The second kappa shape index (κ2) is 2.85. The van der Waals surface area contributed by atoms with Gasteiger partial charge in [-0.25, -0.2) is 4.39 Å². The smallest absolute Gasteiger partial charge is 0.246 e. The van der Waals surface area contributed by atoms with E-state index in [2.05, 4.69) is 0 Å². The van der Waals surface area contributed by atoms with E-state index in [0.717, 1.165) is 0 Å². The number of hydrogen-bond donors (Lipinski definition) is 2. The van der Waals surface area contributed by atoms with Gasteiger partial charge in [0, 0.05) is 6.42 Å². The highest BCUT2D eigenvalue weighted by Crippen LogP contribution is 2.52. The summed E-state index contributed by atoms with van der Waals surface area (Å²) in [5.41, 5.74) is 0. The van der Waals surface area contributed by atoms with Gasteiger partial charge < -0.3 is 10.2 Å². The molecule has 12 heavy (non-hydrogen) atoms. The molecule has 2 nitrogen and oxygen atoms in total. The highest BCUT2D eigenvalue weighted by molar-refractivity contribution is 6.49. The van der Waals surface area contributed by atoms with Crippen molar-refractivity contribution in [3.8, 4) is 0 Å². The molecule has 72 valence electrons. The largest absolute Gasteiger partial charge is 0.360 e. The lowest BCUT2D eigenvalue weighted by Crippen LogP contribution is -2.61. The highest BCUT2D eigenvalue weighted by Gasteiger charge is 2.64. The first-order chi connectivity index (χ1) is 5.21. The predicted octanol–water partition coefficient (Wildman–Crippen LogP) is 1.93. The Hall–Kier alpha value is 0.720. The van der Waals surface area contributed by atoms with Crippen LogP contribution in [0.25, 0.3) is 0 Å². The van der Waals surface area contributed by atoms with Crippen LogP contribution in [-0.4, -0.2) is 25.5 Å². The molecule has 1 atom stereocenters. The molecule has 0 aromatic rings. The molecule has 0 aromatic heterocycles. The van der Waals surface area contributed by atoms with Crippen molar-refractivity contribution in [1.82, 2.24) is 0 Å². The Bertz CT molecular complexity index is 175. The third-order valence-corrected chi connectivity index (χ3v) is 3.36. The van der Waals surface area contributed by atoms with Crippen LogP contribution in [0.15, 0.2) is 0 Å². The number of alkyl halides is 4. The standard InChI is InChI=1S/C6H8Cl3FO2/c7-4(8)2-1-3-5(9,10)6(4,11)12/h11-12H,1-3H2. The van der Waals surface area contributed by atoms with Crippen molar-refractivity contribution in [2.24, 2.45) is 0 Å². The van der Waals surface area contributed by atoms with E-state index in [1.54, 1.807) is 0 Å². The molecule has 1 aliphatic carbocycles. The minimum Gasteiger partial charge on any atom is -0.360 e. The summed E-state index contributed by atoms with van der Waals surface area (Å²) in [4.78, 5) is 0. The lowest BCUT2D eigenvalue weighted by atomic mass is 9.91. The van der Waals surface area contributed by atoms with E-state index in [9.17, 15) is 14.6 Å². The maximum atomic E-state index is 13.2. The zero-order valence-electron chi connectivity index (χ0n) is 6.03. The van der Waals surface area contributed by atoms with E-state index in [1.165, 1.54) is 0 Å². The normalized spacial score (nSPS) is 39.5. The lowest BCUT2D eigenvalue weighted by Gasteiger charge is -2.44. The van der Waals surface area contributed by atoms with E-state index in [4.69, 9.17) is 34.8 Å². The van der Waals surface area contributed by atoms with E-state index in [1.807, 2.05) is 0 Å². The van der Waals surface area contributed by atoms with Gasteiger partial charge in [-0.3, -0.25) is 0 Å². The van der Waals surface area contributed by atoms with E-state index >= 15 is 0 Å². The molecule has 0 bridgehead atoms.